The smallest absolute Gasteiger partial charge is 0.253 e. The van der Waals surface area contributed by atoms with Crippen molar-refractivity contribution in [3.05, 3.63) is 72.8 Å². The number of hydrogen-bond donors (Lipinski definition) is 2. The van der Waals surface area contributed by atoms with Crippen molar-refractivity contribution in [2.75, 3.05) is 4.90 Å². The summed E-state index contributed by atoms with van der Waals surface area (Å²) in [5, 5.41) is 3.70. The minimum Gasteiger partial charge on any atom is -0.383 e. The Morgan fingerprint density at radius 3 is 2.90 bits per heavy atom. The van der Waals surface area contributed by atoms with Crippen molar-refractivity contribution in [1.82, 2.24) is 15.3 Å². The van der Waals surface area contributed by atoms with E-state index in [2.05, 4.69) is 27.9 Å². The molecule has 1 aliphatic heterocycles. The fraction of sp³-hybridized carbons (Fsp3) is 0.333. The number of carbonyl (C=O) groups excluding carboxylic acids is 1. The number of rotatable bonds is 6. The Bertz CT molecular complexity index is 991. The predicted octanol–water partition coefficient (Wildman–Crippen LogP) is 4.77. The van der Waals surface area contributed by atoms with Gasteiger partial charge in [0.05, 0.1) is 17.4 Å². The number of hydrogen-bond acceptors (Lipinski definition) is 3. The SMILES string of the molecule is C=C/C=C(\C=C/C)C1C(NC2CCCCC2)=CC(=O)N1c1ccc2nc[nH]c2c1. The largest absolute Gasteiger partial charge is 0.383 e. The molecule has 1 unspecified atom stereocenters. The van der Waals surface area contributed by atoms with E-state index in [0.29, 0.717) is 6.04 Å². The number of allylic oxidation sites excluding steroid dienone is 3. The van der Waals surface area contributed by atoms with Crippen LogP contribution >= 0.6 is 0 Å². The van der Waals surface area contributed by atoms with E-state index in [-0.39, 0.29) is 11.9 Å². The highest BCUT2D eigenvalue weighted by molar-refractivity contribution is 6.07. The minimum atomic E-state index is -0.195. The van der Waals surface area contributed by atoms with Crippen LogP contribution in [0, 0.1) is 0 Å². The Labute approximate surface area is 171 Å². The number of imidazole rings is 1. The third kappa shape index (κ3) is 3.90. The Balaban J connectivity index is 1.73. The zero-order chi connectivity index (χ0) is 20.2. The molecule has 1 fully saturated rings. The van der Waals surface area contributed by atoms with Crippen LogP contribution in [0.2, 0.25) is 0 Å². The number of amides is 1. The van der Waals surface area contributed by atoms with Crippen molar-refractivity contribution in [3.8, 4) is 0 Å². The first-order valence-electron chi connectivity index (χ1n) is 10.4. The maximum atomic E-state index is 13.1. The molecule has 1 aliphatic carbocycles. The Kier molecular flexibility index (Phi) is 5.65. The van der Waals surface area contributed by atoms with Gasteiger partial charge in [-0.25, -0.2) is 4.98 Å². The molecule has 1 aromatic carbocycles. The normalized spacial score (nSPS) is 21.2. The van der Waals surface area contributed by atoms with Crippen LogP contribution in [0.5, 0.6) is 0 Å². The van der Waals surface area contributed by atoms with E-state index in [0.717, 1.165) is 40.8 Å². The predicted molar refractivity (Wildman–Crippen MR) is 119 cm³/mol. The summed E-state index contributed by atoms with van der Waals surface area (Å²) in [6.45, 7) is 5.87. The molecular weight excluding hydrogens is 360 g/mol. The summed E-state index contributed by atoms with van der Waals surface area (Å²) in [6, 6.07) is 6.14. The fourth-order valence-corrected chi connectivity index (χ4v) is 4.40. The molecule has 4 rings (SSSR count). The lowest BCUT2D eigenvalue weighted by molar-refractivity contribution is -0.113. The third-order valence-corrected chi connectivity index (χ3v) is 5.71. The van der Waals surface area contributed by atoms with Crippen LogP contribution in [0.4, 0.5) is 5.69 Å². The second-order valence-electron chi connectivity index (χ2n) is 7.70. The number of nitrogens with zero attached hydrogens (tertiary/aromatic N) is 2. The average molecular weight is 389 g/mol. The van der Waals surface area contributed by atoms with Crippen LogP contribution in [0.3, 0.4) is 0 Å². The Morgan fingerprint density at radius 1 is 1.31 bits per heavy atom. The molecule has 150 valence electrons. The van der Waals surface area contributed by atoms with Crippen molar-refractivity contribution < 1.29 is 4.79 Å². The van der Waals surface area contributed by atoms with Gasteiger partial charge >= 0.3 is 0 Å². The van der Waals surface area contributed by atoms with Gasteiger partial charge in [-0.05, 0) is 43.5 Å². The second kappa shape index (κ2) is 8.52. The fourth-order valence-electron chi connectivity index (χ4n) is 4.40. The highest BCUT2D eigenvalue weighted by Gasteiger charge is 2.36. The minimum absolute atomic E-state index is 0.00774. The number of nitrogens with one attached hydrogen (secondary N) is 2. The Hall–Kier alpha value is -3.08. The van der Waals surface area contributed by atoms with E-state index >= 15 is 0 Å². The molecule has 0 radical (unpaired) electrons. The monoisotopic (exact) mass is 388 g/mol. The molecule has 1 atom stereocenters. The van der Waals surface area contributed by atoms with E-state index in [4.69, 9.17) is 0 Å². The molecule has 0 spiro atoms. The quantitative estimate of drug-likeness (QED) is 0.701. The van der Waals surface area contributed by atoms with Gasteiger partial charge in [-0.3, -0.25) is 9.69 Å². The first kappa shape index (κ1) is 19.2. The number of anilines is 1. The zero-order valence-corrected chi connectivity index (χ0v) is 16.9. The lowest BCUT2D eigenvalue weighted by atomic mass is 9.94. The van der Waals surface area contributed by atoms with Crippen LogP contribution in [0.25, 0.3) is 11.0 Å². The van der Waals surface area contributed by atoms with Gasteiger partial charge in [0.2, 0.25) is 0 Å². The van der Waals surface area contributed by atoms with Crippen molar-refractivity contribution in [2.45, 2.75) is 51.1 Å². The van der Waals surface area contributed by atoms with Crippen LogP contribution in [0.1, 0.15) is 39.0 Å². The first-order chi connectivity index (χ1) is 14.2. The first-order valence-corrected chi connectivity index (χ1v) is 10.4. The summed E-state index contributed by atoms with van der Waals surface area (Å²) < 4.78 is 0. The number of fused-ring (bicyclic) bond motifs is 1. The molecule has 0 bridgehead atoms. The molecule has 2 N–H and O–H groups in total. The number of H-pyrrole nitrogens is 1. The number of aromatic amines is 1. The number of benzene rings is 1. The van der Waals surface area contributed by atoms with E-state index in [1.54, 1.807) is 18.5 Å². The summed E-state index contributed by atoms with van der Waals surface area (Å²) in [5.74, 6) is -0.00774. The van der Waals surface area contributed by atoms with Gasteiger partial charge in [-0.15, -0.1) is 0 Å². The molecule has 2 aliphatic rings. The molecule has 1 saturated carbocycles. The van der Waals surface area contributed by atoms with Crippen LogP contribution in [0.15, 0.2) is 72.8 Å². The maximum Gasteiger partial charge on any atom is 0.253 e. The maximum absolute atomic E-state index is 13.1. The van der Waals surface area contributed by atoms with E-state index in [1.807, 2.05) is 42.2 Å². The molecule has 2 heterocycles. The standard InChI is InChI=1S/C24H28N4O/c1-3-8-17(9-4-2)24-22(27-18-10-6-5-7-11-18)15-23(29)28(24)19-12-13-20-21(14-19)26-16-25-20/h3-4,8-9,12-16,18,24,27H,1,5-7,10-11H2,2H3,(H,25,26)/b9-4-,17-8+. The average Bonchev–Trinajstić information content (AvgIpc) is 3.32. The molecule has 1 aromatic heterocycles. The molecule has 2 aromatic rings. The topological polar surface area (TPSA) is 61.0 Å². The van der Waals surface area contributed by atoms with Gasteiger partial charge < -0.3 is 10.3 Å². The van der Waals surface area contributed by atoms with E-state index < -0.39 is 0 Å². The third-order valence-electron chi connectivity index (χ3n) is 5.71. The summed E-state index contributed by atoms with van der Waals surface area (Å²) in [6.07, 6.45) is 17.4. The highest BCUT2D eigenvalue weighted by atomic mass is 16.2. The van der Waals surface area contributed by atoms with Gasteiger partial charge in [-0.1, -0.05) is 50.1 Å². The molecule has 1 amide bonds. The van der Waals surface area contributed by atoms with Gasteiger partial charge in [0.1, 0.15) is 6.04 Å². The summed E-state index contributed by atoms with van der Waals surface area (Å²) in [4.78, 5) is 22.4. The summed E-state index contributed by atoms with van der Waals surface area (Å²) in [7, 11) is 0. The van der Waals surface area contributed by atoms with Gasteiger partial charge in [0, 0.05) is 23.5 Å². The van der Waals surface area contributed by atoms with Crippen LogP contribution in [-0.4, -0.2) is 28.0 Å². The molecule has 29 heavy (non-hydrogen) atoms. The number of carbonyl (C=O) groups is 1. The van der Waals surface area contributed by atoms with Crippen molar-refractivity contribution in [3.63, 3.8) is 0 Å². The van der Waals surface area contributed by atoms with Gasteiger partial charge in [-0.2, -0.15) is 0 Å². The van der Waals surface area contributed by atoms with Gasteiger partial charge in [0.25, 0.3) is 5.91 Å². The molecule has 0 saturated heterocycles. The number of aromatic nitrogens is 2. The van der Waals surface area contributed by atoms with Crippen molar-refractivity contribution >= 4 is 22.6 Å². The lowest BCUT2D eigenvalue weighted by Crippen LogP contribution is -2.41. The van der Waals surface area contributed by atoms with Gasteiger partial charge in [0.15, 0.2) is 0 Å². The van der Waals surface area contributed by atoms with Crippen LogP contribution < -0.4 is 10.2 Å². The van der Waals surface area contributed by atoms with Crippen molar-refractivity contribution in [1.29, 1.82) is 0 Å². The summed E-state index contributed by atoms with van der Waals surface area (Å²) >= 11 is 0. The van der Waals surface area contributed by atoms with Crippen molar-refractivity contribution in [2.24, 2.45) is 0 Å². The summed E-state index contributed by atoms with van der Waals surface area (Å²) in [5.41, 5.74) is 4.67. The zero-order valence-electron chi connectivity index (χ0n) is 16.9. The Morgan fingerprint density at radius 2 is 2.14 bits per heavy atom. The lowest BCUT2D eigenvalue weighted by Gasteiger charge is -2.32. The molecule has 5 heteroatoms. The van der Waals surface area contributed by atoms with E-state index in [9.17, 15) is 4.79 Å². The van der Waals surface area contributed by atoms with E-state index in [1.165, 1.54) is 19.3 Å². The van der Waals surface area contributed by atoms with Crippen LogP contribution in [-0.2, 0) is 4.79 Å². The second-order valence-corrected chi connectivity index (χ2v) is 7.70. The molecular formula is C24H28N4O. The highest BCUT2D eigenvalue weighted by Crippen LogP contribution is 2.33. The molecule has 5 nitrogen and oxygen atoms in total.